The minimum absolute atomic E-state index is 0.113. The molecule has 5 nitrogen and oxygen atoms in total. The van der Waals surface area contributed by atoms with Gasteiger partial charge in [0.05, 0.1) is 16.0 Å². The largest absolute Gasteiger partial charge is 0.309 e. The first kappa shape index (κ1) is 19.2. The molecule has 0 fully saturated rings. The number of amides is 1. The van der Waals surface area contributed by atoms with E-state index in [2.05, 4.69) is 21.4 Å². The molecule has 1 amide bonds. The molecule has 3 aromatic heterocycles. The van der Waals surface area contributed by atoms with Gasteiger partial charge in [-0.2, -0.15) is 0 Å². The third-order valence-electron chi connectivity index (χ3n) is 4.43. The average molecular weight is 455 g/mol. The number of thiazole rings is 2. The lowest BCUT2D eigenvalue weighted by atomic mass is 10.1. The molecule has 2 aromatic carbocycles. The Bertz CT molecular complexity index is 1310. The molecule has 0 aliphatic carbocycles. The maximum absolute atomic E-state index is 13.3. The van der Waals surface area contributed by atoms with E-state index in [9.17, 15) is 9.18 Å². The third kappa shape index (κ3) is 3.83. The highest BCUT2D eigenvalue weighted by Crippen LogP contribution is 2.31. The Morgan fingerprint density at radius 2 is 1.97 bits per heavy atom. The maximum atomic E-state index is 13.3. The molecule has 0 aliphatic rings. The van der Waals surface area contributed by atoms with E-state index < -0.39 is 0 Å². The van der Waals surface area contributed by atoms with Crippen LogP contribution in [0.1, 0.15) is 5.01 Å². The summed E-state index contributed by atoms with van der Waals surface area (Å²) in [6, 6.07) is 14.1. The molecule has 0 unspecified atom stereocenters. The first-order valence-corrected chi connectivity index (χ1v) is 12.0. The number of carbonyl (C=O) groups excluding carboxylic acids is 1. The average Bonchev–Trinajstić information content (AvgIpc) is 3.44. The summed E-state index contributed by atoms with van der Waals surface area (Å²) >= 11 is 4.65. The number of thioether (sulfide) groups is 1. The van der Waals surface area contributed by atoms with Crippen molar-refractivity contribution >= 4 is 61.3 Å². The van der Waals surface area contributed by atoms with Gasteiger partial charge in [-0.3, -0.25) is 9.20 Å². The van der Waals surface area contributed by atoms with Crippen molar-refractivity contribution in [3.8, 4) is 11.3 Å². The Labute approximate surface area is 183 Å². The molecule has 0 saturated heterocycles. The molecular weight excluding hydrogens is 439 g/mol. The summed E-state index contributed by atoms with van der Waals surface area (Å²) in [5, 5.41) is 5.90. The number of para-hydroxylation sites is 1. The van der Waals surface area contributed by atoms with Crippen molar-refractivity contribution < 1.29 is 9.18 Å². The SMILES string of the molecule is O=C(CSCc1nc2ccccc2s1)Nc1c(-c2ccc(F)cc2)nc2sccn12. The zero-order valence-corrected chi connectivity index (χ0v) is 18.0. The van der Waals surface area contributed by atoms with E-state index in [1.807, 2.05) is 34.2 Å². The van der Waals surface area contributed by atoms with Crippen LogP contribution in [-0.4, -0.2) is 26.0 Å². The van der Waals surface area contributed by atoms with Crippen LogP contribution in [0, 0.1) is 5.82 Å². The van der Waals surface area contributed by atoms with Gasteiger partial charge in [-0.15, -0.1) is 34.4 Å². The second-order valence-electron chi connectivity index (χ2n) is 6.49. The molecular formula is C21H15FN4OS3. The van der Waals surface area contributed by atoms with E-state index in [1.165, 1.54) is 35.2 Å². The van der Waals surface area contributed by atoms with Crippen molar-refractivity contribution in [1.82, 2.24) is 14.4 Å². The van der Waals surface area contributed by atoms with Crippen LogP contribution in [0.4, 0.5) is 10.2 Å². The Hall–Kier alpha value is -2.75. The standard InChI is InChI=1S/C21H15FN4OS3/c22-14-7-5-13(6-8-14)19-20(26-9-10-29-21(26)25-19)24-17(27)11-28-12-18-23-15-3-1-2-4-16(15)30-18/h1-10H,11-12H2,(H,24,27). The van der Waals surface area contributed by atoms with Gasteiger partial charge < -0.3 is 5.32 Å². The van der Waals surface area contributed by atoms with Gasteiger partial charge in [0, 0.05) is 22.9 Å². The summed E-state index contributed by atoms with van der Waals surface area (Å²) in [7, 11) is 0. The fourth-order valence-electron chi connectivity index (χ4n) is 3.10. The van der Waals surface area contributed by atoms with Crippen LogP contribution < -0.4 is 5.32 Å². The first-order valence-electron chi connectivity index (χ1n) is 9.11. The second-order valence-corrected chi connectivity index (χ2v) is 9.46. The predicted octanol–water partition coefficient (Wildman–Crippen LogP) is 5.68. The van der Waals surface area contributed by atoms with Crippen LogP contribution in [0.15, 0.2) is 60.1 Å². The highest BCUT2D eigenvalue weighted by atomic mass is 32.2. The van der Waals surface area contributed by atoms with Crippen LogP contribution in [-0.2, 0) is 10.5 Å². The first-order chi connectivity index (χ1) is 14.7. The highest BCUT2D eigenvalue weighted by Gasteiger charge is 2.17. The molecule has 0 atom stereocenters. The highest BCUT2D eigenvalue weighted by molar-refractivity contribution is 7.99. The van der Waals surface area contributed by atoms with E-state index in [4.69, 9.17) is 0 Å². The summed E-state index contributed by atoms with van der Waals surface area (Å²) in [6.07, 6.45) is 1.86. The number of anilines is 1. The Morgan fingerprint density at radius 3 is 2.80 bits per heavy atom. The minimum Gasteiger partial charge on any atom is -0.309 e. The van der Waals surface area contributed by atoms with Crippen LogP contribution in [0.25, 0.3) is 26.4 Å². The summed E-state index contributed by atoms with van der Waals surface area (Å²) in [6.45, 7) is 0. The van der Waals surface area contributed by atoms with Gasteiger partial charge in [-0.1, -0.05) is 12.1 Å². The van der Waals surface area contributed by atoms with Crippen molar-refractivity contribution in [2.24, 2.45) is 0 Å². The van der Waals surface area contributed by atoms with E-state index in [-0.39, 0.29) is 11.7 Å². The number of aromatic nitrogens is 3. The molecule has 5 aromatic rings. The van der Waals surface area contributed by atoms with Crippen molar-refractivity contribution in [2.45, 2.75) is 5.75 Å². The molecule has 0 spiro atoms. The van der Waals surface area contributed by atoms with E-state index in [0.717, 1.165) is 25.7 Å². The Morgan fingerprint density at radius 1 is 1.13 bits per heavy atom. The molecule has 0 aliphatic heterocycles. The third-order valence-corrected chi connectivity index (χ3v) is 7.35. The van der Waals surface area contributed by atoms with Crippen molar-refractivity contribution in [1.29, 1.82) is 0 Å². The second kappa shape index (κ2) is 8.17. The lowest BCUT2D eigenvalue weighted by Gasteiger charge is -2.07. The maximum Gasteiger partial charge on any atom is 0.235 e. The Kier molecular flexibility index (Phi) is 5.24. The number of nitrogens with one attached hydrogen (secondary N) is 1. The monoisotopic (exact) mass is 454 g/mol. The molecule has 150 valence electrons. The number of nitrogens with zero attached hydrogens (tertiary/aromatic N) is 3. The summed E-state index contributed by atoms with van der Waals surface area (Å²) in [5.74, 6) is 1.16. The molecule has 9 heteroatoms. The van der Waals surface area contributed by atoms with Gasteiger partial charge in [0.15, 0.2) is 4.96 Å². The molecule has 30 heavy (non-hydrogen) atoms. The minimum atomic E-state index is -0.309. The van der Waals surface area contributed by atoms with E-state index in [1.54, 1.807) is 23.5 Å². The van der Waals surface area contributed by atoms with Crippen molar-refractivity contribution in [3.05, 3.63) is 70.9 Å². The van der Waals surface area contributed by atoms with Crippen LogP contribution >= 0.6 is 34.4 Å². The number of rotatable bonds is 6. The lowest BCUT2D eigenvalue weighted by molar-refractivity contribution is -0.113. The number of carbonyl (C=O) groups is 1. The van der Waals surface area contributed by atoms with E-state index in [0.29, 0.717) is 23.0 Å². The molecule has 0 saturated carbocycles. The summed E-state index contributed by atoms with van der Waals surface area (Å²) in [4.78, 5) is 22.6. The predicted molar refractivity (Wildman–Crippen MR) is 123 cm³/mol. The van der Waals surface area contributed by atoms with E-state index >= 15 is 0 Å². The topological polar surface area (TPSA) is 59.3 Å². The number of hydrogen-bond acceptors (Lipinski definition) is 6. The quantitative estimate of drug-likeness (QED) is 0.358. The van der Waals surface area contributed by atoms with Crippen molar-refractivity contribution in [3.63, 3.8) is 0 Å². The number of halogens is 1. The van der Waals surface area contributed by atoms with Gasteiger partial charge in [-0.25, -0.2) is 14.4 Å². The molecule has 5 rings (SSSR count). The van der Waals surface area contributed by atoms with Gasteiger partial charge in [0.25, 0.3) is 0 Å². The fraction of sp³-hybridized carbons (Fsp3) is 0.0952. The van der Waals surface area contributed by atoms with Crippen LogP contribution in [0.5, 0.6) is 0 Å². The zero-order valence-electron chi connectivity index (χ0n) is 15.5. The number of imidazole rings is 1. The molecule has 0 bridgehead atoms. The van der Waals surface area contributed by atoms with Crippen LogP contribution in [0.3, 0.4) is 0 Å². The molecule has 3 heterocycles. The summed E-state index contributed by atoms with van der Waals surface area (Å²) in [5.41, 5.74) is 2.38. The smallest absolute Gasteiger partial charge is 0.235 e. The Balaban J connectivity index is 1.30. The molecule has 1 N–H and O–H groups in total. The van der Waals surface area contributed by atoms with Gasteiger partial charge >= 0.3 is 0 Å². The lowest BCUT2D eigenvalue weighted by Crippen LogP contribution is -2.16. The summed E-state index contributed by atoms with van der Waals surface area (Å²) < 4.78 is 16.3. The van der Waals surface area contributed by atoms with Gasteiger partial charge in [0.1, 0.15) is 22.3 Å². The normalized spacial score (nSPS) is 11.4. The zero-order chi connectivity index (χ0) is 20.5. The van der Waals surface area contributed by atoms with Crippen LogP contribution in [0.2, 0.25) is 0 Å². The number of benzene rings is 2. The number of fused-ring (bicyclic) bond motifs is 2. The van der Waals surface area contributed by atoms with Gasteiger partial charge in [-0.05, 0) is 36.4 Å². The number of hydrogen-bond donors (Lipinski definition) is 1. The van der Waals surface area contributed by atoms with Gasteiger partial charge in [0.2, 0.25) is 5.91 Å². The molecule has 0 radical (unpaired) electrons. The van der Waals surface area contributed by atoms with Crippen molar-refractivity contribution in [2.75, 3.05) is 11.1 Å². The fourth-order valence-corrected chi connectivity index (χ4v) is 5.66.